The van der Waals surface area contributed by atoms with Crippen molar-refractivity contribution < 1.29 is 22.7 Å². The number of methoxy groups -OCH3 is 1. The first-order valence-electron chi connectivity index (χ1n) is 10.1. The van der Waals surface area contributed by atoms with E-state index >= 15 is 0 Å². The van der Waals surface area contributed by atoms with E-state index in [2.05, 4.69) is 19.2 Å². The summed E-state index contributed by atoms with van der Waals surface area (Å²) in [6, 6.07) is 12.3. The quantitative estimate of drug-likeness (QED) is 0.674. The summed E-state index contributed by atoms with van der Waals surface area (Å²) in [5.41, 5.74) is 0.830. The molecule has 0 saturated heterocycles. The monoisotopic (exact) mass is 445 g/mol. The average Bonchev–Trinajstić information content (AvgIpc) is 2.74. The summed E-state index contributed by atoms with van der Waals surface area (Å²) in [6.07, 6.45) is 0.814. The molecule has 1 aliphatic rings. The number of hydrogen-bond donors (Lipinski definition) is 1. The number of ether oxygens (including phenoxy) is 1. The van der Waals surface area contributed by atoms with E-state index in [9.17, 15) is 18.0 Å². The summed E-state index contributed by atoms with van der Waals surface area (Å²) in [6.45, 7) is 4.19. The maximum absolute atomic E-state index is 13.2. The van der Waals surface area contributed by atoms with Crippen molar-refractivity contribution in [1.29, 1.82) is 0 Å². The lowest BCUT2D eigenvalue weighted by Crippen LogP contribution is -2.53. The largest absolute Gasteiger partial charge is 0.497 e. The van der Waals surface area contributed by atoms with Gasteiger partial charge < -0.3 is 10.1 Å². The maximum Gasteiger partial charge on any atom is 0.339 e. The summed E-state index contributed by atoms with van der Waals surface area (Å²) >= 11 is 0. The molecule has 1 heterocycles. The molecule has 0 atom stereocenters. The van der Waals surface area contributed by atoms with Crippen LogP contribution in [0.1, 0.15) is 25.8 Å². The number of nitrogens with zero attached hydrogens (tertiary/aromatic N) is 2. The third-order valence-corrected chi connectivity index (χ3v) is 6.77. The molecule has 2 aromatic rings. The highest BCUT2D eigenvalue weighted by Gasteiger charge is 2.41. The first kappa shape index (κ1) is 22.6. The second kappa shape index (κ2) is 9.38. The molecule has 3 rings (SSSR count). The molecule has 31 heavy (non-hydrogen) atoms. The van der Waals surface area contributed by atoms with E-state index in [0.29, 0.717) is 23.8 Å². The van der Waals surface area contributed by atoms with E-state index in [-0.39, 0.29) is 29.6 Å². The SMILES string of the molecule is COc1ccc(CN2C(=O)N(CC(=O)NCCC(C)C)c3ccccc3S2(=O)=O)cc1. The normalized spacial score (nSPS) is 15.0. The van der Waals surface area contributed by atoms with Gasteiger partial charge in [-0.05, 0) is 42.2 Å². The van der Waals surface area contributed by atoms with Crippen molar-refractivity contribution in [3.8, 4) is 5.75 Å². The topological polar surface area (TPSA) is 96.0 Å². The van der Waals surface area contributed by atoms with Crippen molar-refractivity contribution in [3.05, 3.63) is 54.1 Å². The van der Waals surface area contributed by atoms with Gasteiger partial charge in [0.05, 0.1) is 19.3 Å². The Morgan fingerprint density at radius 1 is 1.10 bits per heavy atom. The standard InChI is InChI=1S/C22H27N3O5S/c1-16(2)12-13-23-21(26)15-24-19-6-4-5-7-20(19)31(28,29)25(22(24)27)14-17-8-10-18(30-3)11-9-17/h4-11,16H,12-15H2,1-3H3,(H,23,26). The second-order valence-corrected chi connectivity index (χ2v) is 9.56. The first-order chi connectivity index (χ1) is 14.7. The van der Waals surface area contributed by atoms with Gasteiger partial charge in [0.15, 0.2) is 0 Å². The van der Waals surface area contributed by atoms with Crippen molar-refractivity contribution in [2.75, 3.05) is 25.1 Å². The molecule has 3 amide bonds. The van der Waals surface area contributed by atoms with Crippen LogP contribution in [-0.2, 0) is 21.4 Å². The van der Waals surface area contributed by atoms with Gasteiger partial charge in [-0.15, -0.1) is 0 Å². The molecule has 0 aromatic heterocycles. The van der Waals surface area contributed by atoms with Crippen LogP contribution in [0.25, 0.3) is 0 Å². The van der Waals surface area contributed by atoms with E-state index in [0.717, 1.165) is 10.7 Å². The van der Waals surface area contributed by atoms with Gasteiger partial charge in [-0.1, -0.05) is 38.1 Å². The van der Waals surface area contributed by atoms with Crippen molar-refractivity contribution in [2.45, 2.75) is 31.7 Å². The molecule has 9 heteroatoms. The zero-order valence-electron chi connectivity index (χ0n) is 17.9. The van der Waals surface area contributed by atoms with Crippen molar-refractivity contribution >= 4 is 27.6 Å². The molecule has 166 valence electrons. The number of rotatable bonds is 8. The Hall–Kier alpha value is -3.07. The molecule has 1 N–H and O–H groups in total. The Bertz CT molecular complexity index is 1050. The van der Waals surface area contributed by atoms with E-state index in [1.807, 2.05) is 0 Å². The number of para-hydroxylation sites is 1. The number of anilines is 1. The van der Waals surface area contributed by atoms with E-state index in [1.54, 1.807) is 36.4 Å². The summed E-state index contributed by atoms with van der Waals surface area (Å²) < 4.78 is 32.3. The highest BCUT2D eigenvalue weighted by atomic mass is 32.2. The molecular weight excluding hydrogens is 418 g/mol. The van der Waals surface area contributed by atoms with Gasteiger partial charge in [0, 0.05) is 6.54 Å². The minimum Gasteiger partial charge on any atom is -0.497 e. The van der Waals surface area contributed by atoms with Crippen LogP contribution >= 0.6 is 0 Å². The van der Waals surface area contributed by atoms with Gasteiger partial charge in [-0.2, -0.15) is 0 Å². The Labute approximate surface area is 182 Å². The molecule has 0 bridgehead atoms. The molecule has 2 aromatic carbocycles. The number of nitrogens with one attached hydrogen (secondary N) is 1. The number of carbonyl (C=O) groups excluding carboxylic acids is 2. The number of benzene rings is 2. The van der Waals surface area contributed by atoms with Crippen molar-refractivity contribution in [2.24, 2.45) is 5.92 Å². The van der Waals surface area contributed by atoms with E-state index in [1.165, 1.54) is 24.1 Å². The van der Waals surface area contributed by atoms with E-state index < -0.39 is 16.1 Å². The van der Waals surface area contributed by atoms with Gasteiger partial charge in [0.25, 0.3) is 10.0 Å². The van der Waals surface area contributed by atoms with Gasteiger partial charge >= 0.3 is 6.03 Å². The minimum absolute atomic E-state index is 0.00177. The molecule has 0 saturated carbocycles. The van der Waals surface area contributed by atoms with Crippen LogP contribution < -0.4 is 15.0 Å². The lowest BCUT2D eigenvalue weighted by Gasteiger charge is -2.36. The molecule has 0 unspecified atom stereocenters. The second-order valence-electron chi connectivity index (χ2n) is 7.73. The van der Waals surface area contributed by atoms with Crippen LogP contribution in [0.5, 0.6) is 5.75 Å². The lowest BCUT2D eigenvalue weighted by atomic mass is 10.1. The van der Waals surface area contributed by atoms with Crippen LogP contribution in [0.4, 0.5) is 10.5 Å². The molecule has 8 nitrogen and oxygen atoms in total. The van der Waals surface area contributed by atoms with Crippen LogP contribution in [0, 0.1) is 5.92 Å². The lowest BCUT2D eigenvalue weighted by molar-refractivity contribution is -0.119. The highest BCUT2D eigenvalue weighted by Crippen LogP contribution is 2.35. The number of fused-ring (bicyclic) bond motifs is 1. The van der Waals surface area contributed by atoms with Crippen LogP contribution in [0.2, 0.25) is 0 Å². The summed E-state index contributed by atoms with van der Waals surface area (Å²) in [7, 11) is -2.53. The summed E-state index contributed by atoms with van der Waals surface area (Å²) in [5, 5.41) is 2.80. The average molecular weight is 446 g/mol. The van der Waals surface area contributed by atoms with Crippen molar-refractivity contribution in [3.63, 3.8) is 0 Å². The first-order valence-corrected chi connectivity index (χ1v) is 11.5. The fraction of sp³-hybridized carbons (Fsp3) is 0.364. The third-order valence-electron chi connectivity index (χ3n) is 5.00. The number of carbonyl (C=O) groups is 2. The molecule has 0 radical (unpaired) electrons. The molecule has 0 aliphatic carbocycles. The Morgan fingerprint density at radius 2 is 1.77 bits per heavy atom. The predicted octanol–water partition coefficient (Wildman–Crippen LogP) is 2.99. The fourth-order valence-corrected chi connectivity index (χ4v) is 4.81. The summed E-state index contributed by atoms with van der Waals surface area (Å²) in [5.74, 6) is 0.719. The Morgan fingerprint density at radius 3 is 2.42 bits per heavy atom. The molecule has 1 aliphatic heterocycles. The van der Waals surface area contributed by atoms with Crippen LogP contribution in [0.15, 0.2) is 53.4 Å². The smallest absolute Gasteiger partial charge is 0.339 e. The van der Waals surface area contributed by atoms with Crippen molar-refractivity contribution in [1.82, 2.24) is 9.62 Å². The van der Waals surface area contributed by atoms with Crippen LogP contribution in [-0.4, -0.2) is 44.9 Å². The van der Waals surface area contributed by atoms with Crippen LogP contribution in [0.3, 0.4) is 0 Å². The highest BCUT2D eigenvalue weighted by molar-refractivity contribution is 7.90. The zero-order valence-corrected chi connectivity index (χ0v) is 18.7. The zero-order chi connectivity index (χ0) is 22.6. The summed E-state index contributed by atoms with van der Waals surface area (Å²) in [4.78, 5) is 26.9. The third kappa shape index (κ3) is 4.99. The van der Waals surface area contributed by atoms with Gasteiger partial charge in [-0.25, -0.2) is 17.5 Å². The van der Waals surface area contributed by atoms with Gasteiger partial charge in [0.1, 0.15) is 17.2 Å². The molecule has 0 spiro atoms. The number of hydrogen-bond acceptors (Lipinski definition) is 5. The van der Waals surface area contributed by atoms with Gasteiger partial charge in [0.2, 0.25) is 5.91 Å². The number of amides is 3. The molecular formula is C22H27N3O5S. The number of sulfonamides is 1. The predicted molar refractivity (Wildman–Crippen MR) is 117 cm³/mol. The Balaban J connectivity index is 1.88. The van der Waals surface area contributed by atoms with E-state index in [4.69, 9.17) is 4.74 Å². The minimum atomic E-state index is -4.06. The maximum atomic E-state index is 13.2. The Kier molecular flexibility index (Phi) is 6.84. The molecule has 0 fully saturated rings. The van der Waals surface area contributed by atoms with Gasteiger partial charge in [-0.3, -0.25) is 9.69 Å². The fourth-order valence-electron chi connectivity index (χ4n) is 3.26. The number of urea groups is 1.